The Balaban J connectivity index is 3.18. The molecule has 0 bridgehead atoms. The maximum Gasteiger partial charge on any atom is 0.257 e. The van der Waals surface area contributed by atoms with Gasteiger partial charge >= 0.3 is 0 Å². The second-order valence-electron chi connectivity index (χ2n) is 3.26. The summed E-state index contributed by atoms with van der Waals surface area (Å²) in [6.07, 6.45) is 0. The van der Waals surface area contributed by atoms with Gasteiger partial charge in [-0.1, -0.05) is 18.5 Å². The Bertz CT molecular complexity index is 525. The van der Waals surface area contributed by atoms with Crippen molar-refractivity contribution in [2.45, 2.75) is 9.14 Å². The molecule has 1 aromatic rings. The first-order valence-corrected chi connectivity index (χ1v) is 7.73. The first kappa shape index (κ1) is 14.8. The van der Waals surface area contributed by atoms with E-state index >= 15 is 0 Å². The summed E-state index contributed by atoms with van der Waals surface area (Å²) in [7, 11) is -3.75. The maximum absolute atomic E-state index is 12.7. The van der Waals surface area contributed by atoms with Crippen molar-refractivity contribution in [3.05, 3.63) is 35.6 Å². The predicted molar refractivity (Wildman–Crippen MR) is 72.8 cm³/mol. The van der Waals surface area contributed by atoms with Crippen LogP contribution in [0.3, 0.4) is 0 Å². The third-order valence-electron chi connectivity index (χ3n) is 2.14. The van der Waals surface area contributed by atoms with E-state index in [-0.39, 0.29) is 11.3 Å². The van der Waals surface area contributed by atoms with Crippen LogP contribution < -0.4 is 0 Å². The van der Waals surface area contributed by atoms with E-state index in [4.69, 9.17) is 11.6 Å². The Morgan fingerprint density at radius 2 is 1.88 bits per heavy atom. The molecule has 17 heavy (non-hydrogen) atoms. The molecule has 0 unspecified atom stereocenters. The van der Waals surface area contributed by atoms with Crippen LogP contribution in [0.4, 0.5) is 4.39 Å². The molecule has 0 heterocycles. The van der Waals surface area contributed by atoms with E-state index in [1.807, 2.05) is 0 Å². The van der Waals surface area contributed by atoms with Crippen LogP contribution in [-0.2, 0) is 9.84 Å². The van der Waals surface area contributed by atoms with Gasteiger partial charge in [-0.05, 0) is 46.9 Å². The summed E-state index contributed by atoms with van der Waals surface area (Å²) in [5.41, 5.74) is 0.0628. The Kier molecular flexibility index (Phi) is 4.54. The van der Waals surface area contributed by atoms with Crippen molar-refractivity contribution in [3.63, 3.8) is 0 Å². The summed E-state index contributed by atoms with van der Waals surface area (Å²) < 4.78 is 34.0. The SMILES string of the molecule is CCS(=O)(=O)[C@@](Cl)(I)C(=O)c1ccc(F)cc1. The number of sulfone groups is 1. The third-order valence-corrected chi connectivity index (χ3v) is 7.25. The quantitative estimate of drug-likeness (QED) is 0.451. The van der Waals surface area contributed by atoms with Gasteiger partial charge in [-0.15, -0.1) is 0 Å². The first-order chi connectivity index (χ1) is 7.72. The Hall–Kier alpha value is -0.210. The highest BCUT2D eigenvalue weighted by atomic mass is 127. The molecule has 1 atom stereocenters. The van der Waals surface area contributed by atoms with Gasteiger partial charge in [0.15, 0.2) is 9.84 Å². The minimum Gasteiger partial charge on any atom is -0.290 e. The van der Waals surface area contributed by atoms with Crippen LogP contribution in [0.25, 0.3) is 0 Å². The Labute approximate surface area is 117 Å². The Morgan fingerprint density at radius 3 is 2.29 bits per heavy atom. The topological polar surface area (TPSA) is 51.2 Å². The summed E-state index contributed by atoms with van der Waals surface area (Å²) in [5, 5.41) is 0. The van der Waals surface area contributed by atoms with Crippen LogP contribution in [0, 0.1) is 5.82 Å². The fraction of sp³-hybridized carbons (Fsp3) is 0.300. The Morgan fingerprint density at radius 1 is 1.41 bits per heavy atom. The van der Waals surface area contributed by atoms with Gasteiger partial charge < -0.3 is 0 Å². The van der Waals surface area contributed by atoms with Crippen LogP contribution in [0.1, 0.15) is 17.3 Å². The largest absolute Gasteiger partial charge is 0.290 e. The van der Waals surface area contributed by atoms with Gasteiger partial charge in [-0.25, -0.2) is 12.8 Å². The lowest BCUT2D eigenvalue weighted by atomic mass is 10.1. The molecule has 0 aliphatic carbocycles. The summed E-state index contributed by atoms with van der Waals surface area (Å²) in [6, 6.07) is 4.57. The molecule has 1 aromatic carbocycles. The van der Waals surface area contributed by atoms with Crippen molar-refractivity contribution in [1.82, 2.24) is 0 Å². The first-order valence-electron chi connectivity index (χ1n) is 4.63. The molecular formula is C10H9ClFIO3S. The fourth-order valence-electron chi connectivity index (χ4n) is 1.09. The lowest BCUT2D eigenvalue weighted by molar-refractivity contribution is 0.100. The molecule has 0 aromatic heterocycles. The monoisotopic (exact) mass is 390 g/mol. The molecule has 0 radical (unpaired) electrons. The summed E-state index contributed by atoms with van der Waals surface area (Å²) in [6.45, 7) is 1.41. The number of Topliss-reactive ketones (excluding diaryl/α,β-unsaturated/α-hetero) is 1. The maximum atomic E-state index is 12.7. The van der Waals surface area contributed by atoms with E-state index in [2.05, 4.69) is 0 Å². The molecule has 0 saturated carbocycles. The van der Waals surface area contributed by atoms with E-state index in [9.17, 15) is 17.6 Å². The molecule has 94 valence electrons. The highest BCUT2D eigenvalue weighted by Gasteiger charge is 2.45. The molecule has 0 fully saturated rings. The number of ketones is 1. The highest BCUT2D eigenvalue weighted by molar-refractivity contribution is 14.1. The molecule has 0 saturated heterocycles. The van der Waals surface area contributed by atoms with E-state index in [1.54, 1.807) is 0 Å². The van der Waals surface area contributed by atoms with Crippen LogP contribution in [0.15, 0.2) is 24.3 Å². The summed E-state index contributed by atoms with van der Waals surface area (Å²) >= 11 is 7.20. The number of rotatable bonds is 4. The summed E-state index contributed by atoms with van der Waals surface area (Å²) in [4.78, 5) is 11.9. The minimum atomic E-state index is -3.75. The van der Waals surface area contributed by atoms with E-state index in [0.29, 0.717) is 0 Å². The van der Waals surface area contributed by atoms with Gasteiger partial charge in [0.05, 0.1) is 5.75 Å². The zero-order valence-corrected chi connectivity index (χ0v) is 12.5. The van der Waals surface area contributed by atoms with Gasteiger partial charge in [0.2, 0.25) is 5.78 Å². The van der Waals surface area contributed by atoms with Gasteiger partial charge in [0, 0.05) is 5.56 Å². The zero-order valence-electron chi connectivity index (χ0n) is 8.78. The minimum absolute atomic E-state index is 0.0628. The van der Waals surface area contributed by atoms with Gasteiger partial charge in [-0.2, -0.15) is 0 Å². The van der Waals surface area contributed by atoms with Crippen LogP contribution in [0.5, 0.6) is 0 Å². The second kappa shape index (κ2) is 5.19. The third kappa shape index (κ3) is 2.97. The van der Waals surface area contributed by atoms with Crippen molar-refractivity contribution >= 4 is 49.8 Å². The number of carbonyl (C=O) groups excluding carboxylic acids is 1. The van der Waals surface area contributed by atoms with Crippen molar-refractivity contribution in [1.29, 1.82) is 0 Å². The normalized spacial score (nSPS) is 15.3. The number of alkyl halides is 2. The number of carbonyl (C=O) groups is 1. The smallest absolute Gasteiger partial charge is 0.257 e. The van der Waals surface area contributed by atoms with Crippen molar-refractivity contribution in [2.75, 3.05) is 5.75 Å². The number of hydrogen-bond donors (Lipinski definition) is 0. The summed E-state index contributed by atoms with van der Waals surface area (Å²) in [5.74, 6) is -1.51. The highest BCUT2D eigenvalue weighted by Crippen LogP contribution is 2.35. The molecule has 0 aliphatic heterocycles. The molecule has 3 nitrogen and oxygen atoms in total. The average Bonchev–Trinajstić information content (AvgIpc) is 2.28. The molecule has 1 rings (SSSR count). The standard InChI is InChI=1S/C10H9ClFIO3S/c1-2-17(15,16)10(11,13)9(14)7-3-5-8(12)6-4-7/h3-6H,2H2,1H3/t10-/m0/s1. The van der Waals surface area contributed by atoms with Gasteiger partial charge in [-0.3, -0.25) is 4.79 Å². The molecular weight excluding hydrogens is 382 g/mol. The van der Waals surface area contributed by atoms with Gasteiger partial charge in [0.25, 0.3) is 2.21 Å². The van der Waals surface area contributed by atoms with Gasteiger partial charge in [0.1, 0.15) is 5.82 Å². The van der Waals surface area contributed by atoms with Crippen LogP contribution in [0.2, 0.25) is 0 Å². The number of benzene rings is 1. The molecule has 0 aliphatic rings. The lowest BCUT2D eigenvalue weighted by Crippen LogP contribution is -2.36. The molecule has 7 heteroatoms. The molecule has 0 amide bonds. The van der Waals surface area contributed by atoms with Crippen molar-refractivity contribution < 1.29 is 17.6 Å². The van der Waals surface area contributed by atoms with E-state index in [0.717, 1.165) is 12.1 Å². The van der Waals surface area contributed by atoms with Crippen LogP contribution >= 0.6 is 34.2 Å². The average molecular weight is 391 g/mol. The lowest BCUT2D eigenvalue weighted by Gasteiger charge is -2.18. The predicted octanol–water partition coefficient (Wildman–Crippen LogP) is 2.77. The number of halogens is 3. The second-order valence-corrected chi connectivity index (χ2v) is 9.45. The molecule has 0 N–H and O–H groups in total. The van der Waals surface area contributed by atoms with Crippen LogP contribution in [-0.4, -0.2) is 22.2 Å². The van der Waals surface area contributed by atoms with Crippen molar-refractivity contribution in [2.24, 2.45) is 0 Å². The zero-order chi connectivity index (χ0) is 13.3. The number of hydrogen-bond acceptors (Lipinski definition) is 3. The van der Waals surface area contributed by atoms with Crippen molar-refractivity contribution in [3.8, 4) is 0 Å². The van der Waals surface area contributed by atoms with E-state index < -0.39 is 23.7 Å². The fourth-order valence-corrected chi connectivity index (χ4v) is 3.54. The molecule has 0 spiro atoms. The van der Waals surface area contributed by atoms with E-state index in [1.165, 1.54) is 41.6 Å².